The van der Waals surface area contributed by atoms with Crippen LogP contribution in [0.1, 0.15) is 12.0 Å². The first-order chi connectivity index (χ1) is 22.8. The average Bonchev–Trinajstić information content (AvgIpc) is 3.06. The van der Waals surface area contributed by atoms with Crippen LogP contribution in [0.3, 0.4) is 0 Å². The van der Waals surface area contributed by atoms with Crippen LogP contribution in [0.5, 0.6) is 5.75 Å². The number of ether oxygens (including phenoxy) is 2. The number of hydrogen-bond donors (Lipinski definition) is 3. The van der Waals surface area contributed by atoms with Crippen molar-refractivity contribution in [1.29, 1.82) is 10.7 Å². The zero-order valence-corrected chi connectivity index (χ0v) is 26.2. The topological polar surface area (TPSA) is 170 Å². The third-order valence-corrected chi connectivity index (χ3v) is 8.75. The van der Waals surface area contributed by atoms with Gasteiger partial charge >= 0.3 is 0 Å². The number of nitrogens with two attached hydrogens (primary N) is 1. The second kappa shape index (κ2) is 14.3. The summed E-state index contributed by atoms with van der Waals surface area (Å²) in [7, 11) is 0. The number of amides is 1. The van der Waals surface area contributed by atoms with E-state index in [0.29, 0.717) is 23.4 Å². The zero-order chi connectivity index (χ0) is 32.9. The number of carbonyl (C=O) groups excluding carboxylic acids is 1. The lowest BCUT2D eigenvalue weighted by Gasteiger charge is -2.43. The number of nitriles is 1. The van der Waals surface area contributed by atoms with E-state index in [-0.39, 0.29) is 41.6 Å². The van der Waals surface area contributed by atoms with Gasteiger partial charge in [0.15, 0.2) is 12.0 Å². The van der Waals surface area contributed by atoms with Crippen molar-refractivity contribution in [3.05, 3.63) is 65.1 Å². The van der Waals surface area contributed by atoms with E-state index < -0.39 is 18.2 Å². The molecule has 0 radical (unpaired) electrons. The maximum atomic E-state index is 15.1. The Morgan fingerprint density at radius 3 is 2.55 bits per heavy atom. The van der Waals surface area contributed by atoms with E-state index in [0.717, 1.165) is 57.0 Å². The average molecular weight is 661 g/mol. The number of aromatic nitrogens is 3. The van der Waals surface area contributed by atoms with Gasteiger partial charge in [0.1, 0.15) is 29.4 Å². The van der Waals surface area contributed by atoms with Crippen molar-refractivity contribution in [3.63, 3.8) is 0 Å². The van der Waals surface area contributed by atoms with Gasteiger partial charge < -0.3 is 35.7 Å². The van der Waals surface area contributed by atoms with Crippen LogP contribution >= 0.6 is 11.6 Å². The molecule has 4 heterocycles. The number of nitrogens with one attached hydrogen (secondary N) is 2. The van der Waals surface area contributed by atoms with E-state index in [1.54, 1.807) is 18.2 Å². The van der Waals surface area contributed by atoms with Gasteiger partial charge in [-0.3, -0.25) is 9.69 Å². The van der Waals surface area contributed by atoms with Gasteiger partial charge in [0.05, 0.1) is 36.9 Å². The second-order valence-corrected chi connectivity index (χ2v) is 11.9. The lowest BCUT2D eigenvalue weighted by molar-refractivity contribution is -0.130. The molecule has 2 aromatic carbocycles. The van der Waals surface area contributed by atoms with E-state index in [1.165, 1.54) is 11.2 Å². The minimum atomic E-state index is -1.54. The number of piperazine rings is 1. The number of anilines is 3. The van der Waals surface area contributed by atoms with Crippen molar-refractivity contribution in [2.45, 2.75) is 24.7 Å². The molecular formula is C32H34ClFN10O3. The molecular weight excluding hydrogens is 627 g/mol. The Bertz CT molecular complexity index is 1690. The molecule has 244 valence electrons. The minimum absolute atomic E-state index is 0.169. The molecule has 3 aliphatic heterocycles. The van der Waals surface area contributed by atoms with Gasteiger partial charge in [-0.05, 0) is 42.5 Å². The van der Waals surface area contributed by atoms with Gasteiger partial charge in [-0.1, -0.05) is 11.6 Å². The van der Waals surface area contributed by atoms with Crippen LogP contribution in [0.25, 0.3) is 11.4 Å². The molecule has 0 unspecified atom stereocenters. The molecule has 0 bridgehead atoms. The van der Waals surface area contributed by atoms with Crippen LogP contribution in [-0.4, -0.2) is 108 Å². The molecule has 0 saturated carbocycles. The molecule has 3 fully saturated rings. The van der Waals surface area contributed by atoms with Crippen molar-refractivity contribution >= 4 is 41.0 Å². The fraction of sp³-hybridized carbons (Fsp3) is 0.375. The monoisotopic (exact) mass is 660 g/mol. The van der Waals surface area contributed by atoms with Crippen molar-refractivity contribution in [1.82, 2.24) is 24.8 Å². The maximum absolute atomic E-state index is 15.1. The Morgan fingerprint density at radius 1 is 1.15 bits per heavy atom. The zero-order valence-electron chi connectivity index (χ0n) is 25.5. The highest BCUT2D eigenvalue weighted by molar-refractivity contribution is 6.34. The highest BCUT2D eigenvalue weighted by Crippen LogP contribution is 2.29. The number of rotatable bonds is 9. The summed E-state index contributed by atoms with van der Waals surface area (Å²) in [5.41, 5.74) is 7.99. The van der Waals surface area contributed by atoms with Gasteiger partial charge in [0.2, 0.25) is 5.95 Å². The summed E-state index contributed by atoms with van der Waals surface area (Å²) >= 11 is 5.70. The van der Waals surface area contributed by atoms with Gasteiger partial charge in [-0.15, -0.1) is 0 Å². The molecule has 0 spiro atoms. The van der Waals surface area contributed by atoms with Crippen molar-refractivity contribution in [3.8, 4) is 23.2 Å². The first-order valence-corrected chi connectivity index (χ1v) is 15.6. The van der Waals surface area contributed by atoms with E-state index in [4.69, 9.17) is 32.2 Å². The van der Waals surface area contributed by atoms with Gasteiger partial charge in [-0.25, -0.2) is 14.4 Å². The summed E-state index contributed by atoms with van der Waals surface area (Å²) in [5, 5.41) is 20.1. The van der Waals surface area contributed by atoms with Crippen LogP contribution in [0, 0.1) is 16.7 Å². The summed E-state index contributed by atoms with van der Waals surface area (Å²) in [4.78, 5) is 31.7. The minimum Gasteiger partial charge on any atom is -0.486 e. The van der Waals surface area contributed by atoms with Gasteiger partial charge in [-0.2, -0.15) is 10.2 Å². The Balaban J connectivity index is 1.07. The summed E-state index contributed by atoms with van der Waals surface area (Å²) in [6, 6.07) is 15.6. The number of likely N-dealkylation sites (tertiary alicyclic amines) is 1. The van der Waals surface area contributed by atoms with Crippen molar-refractivity contribution < 1.29 is 18.7 Å². The van der Waals surface area contributed by atoms with Crippen molar-refractivity contribution in [2.24, 2.45) is 5.73 Å². The number of piperidine rings is 1. The number of carbonyl (C=O) groups is 1. The Morgan fingerprint density at radius 2 is 1.91 bits per heavy atom. The Labute approximate surface area is 276 Å². The largest absolute Gasteiger partial charge is 0.486 e. The predicted molar refractivity (Wildman–Crippen MR) is 174 cm³/mol. The van der Waals surface area contributed by atoms with Crippen molar-refractivity contribution in [2.75, 3.05) is 62.7 Å². The molecule has 3 aromatic rings. The summed E-state index contributed by atoms with van der Waals surface area (Å²) in [6.45, 7) is 5.58. The van der Waals surface area contributed by atoms with Crippen LogP contribution in [-0.2, 0) is 9.53 Å². The molecule has 1 aromatic heterocycles. The van der Waals surface area contributed by atoms with Gasteiger partial charge in [0, 0.05) is 62.3 Å². The van der Waals surface area contributed by atoms with Crippen LogP contribution in [0.2, 0.25) is 0 Å². The van der Waals surface area contributed by atoms with Crippen LogP contribution in [0.4, 0.5) is 21.7 Å². The third kappa shape index (κ3) is 7.27. The fourth-order valence-corrected chi connectivity index (χ4v) is 5.92. The fourth-order valence-electron chi connectivity index (χ4n) is 5.79. The van der Waals surface area contributed by atoms with Crippen LogP contribution in [0.15, 0.2) is 59.5 Å². The molecule has 3 saturated heterocycles. The van der Waals surface area contributed by atoms with E-state index in [9.17, 15) is 10.1 Å². The molecule has 47 heavy (non-hydrogen) atoms. The molecule has 3 aliphatic rings. The first-order valence-electron chi connectivity index (χ1n) is 15.3. The predicted octanol–water partition coefficient (Wildman–Crippen LogP) is 3.05. The molecule has 2 atom stereocenters. The second-order valence-electron chi connectivity index (χ2n) is 11.5. The van der Waals surface area contributed by atoms with E-state index in [1.807, 2.05) is 12.1 Å². The number of benzene rings is 2. The third-order valence-electron chi connectivity index (χ3n) is 8.55. The molecule has 15 heteroatoms. The SMILES string of the molecule is N#Cc1cc(-c2ncnc(Nc3ccc(N4CCN(C5COC5)CC4)cc3)n2)ccc1O[C@H]1CCN(C(=O)/C(C=N)=C(/N)Cl)C[C@H]1F. The van der Waals surface area contributed by atoms with E-state index >= 15 is 4.39 Å². The number of hydrogen-bond acceptors (Lipinski definition) is 12. The Kier molecular flexibility index (Phi) is 9.76. The molecule has 13 nitrogen and oxygen atoms in total. The normalized spacial score (nSPS) is 20.9. The lowest BCUT2D eigenvalue weighted by Crippen LogP contribution is -2.56. The number of halogens is 2. The Hall–Kier alpha value is -4.84. The number of nitrogens with zero attached hydrogens (tertiary/aromatic N) is 7. The molecule has 4 N–H and O–H groups in total. The quantitative estimate of drug-likeness (QED) is 0.175. The summed E-state index contributed by atoms with van der Waals surface area (Å²) in [6.07, 6.45) is -0.110. The lowest BCUT2D eigenvalue weighted by atomic mass is 10.0. The number of alkyl halides is 1. The summed E-state index contributed by atoms with van der Waals surface area (Å²) < 4.78 is 26.3. The van der Waals surface area contributed by atoms with Crippen LogP contribution < -0.4 is 20.7 Å². The highest BCUT2D eigenvalue weighted by Gasteiger charge is 2.35. The van der Waals surface area contributed by atoms with E-state index in [2.05, 4.69) is 48.3 Å². The highest BCUT2D eigenvalue weighted by atomic mass is 35.5. The smallest absolute Gasteiger partial charge is 0.258 e. The summed E-state index contributed by atoms with van der Waals surface area (Å²) in [5.74, 6) is 0.278. The standard InChI is InChI=1S/C32H34ClFN10O3/c33-29(37)25(15-36)31(45)44-8-7-28(26(34)16-44)47-27-6-1-20(13-21(27)14-35)30-38-19-39-32(41-30)40-22-2-4-23(5-3-22)42-9-11-43(12-10-42)24-17-46-18-24/h1-6,13,15,19,24,26,28,36H,7-12,16-18,37H2,(H,38,39,40,41)/b29-25+,36-15?/t26-,28+/m1/s1. The maximum Gasteiger partial charge on any atom is 0.258 e. The van der Waals surface area contributed by atoms with Gasteiger partial charge in [0.25, 0.3) is 5.91 Å². The first kappa shape index (κ1) is 32.1. The molecule has 0 aliphatic carbocycles. The molecule has 1 amide bonds. The molecule has 6 rings (SSSR count).